The number of esters is 1. The number of furan rings is 1. The Morgan fingerprint density at radius 3 is 2.77 bits per heavy atom. The van der Waals surface area contributed by atoms with E-state index in [1.54, 1.807) is 6.26 Å². The molecule has 2 aliphatic heterocycles. The number of nitrogens with zero attached hydrogens (tertiary/aromatic N) is 1. The molecule has 0 amide bonds. The first-order chi connectivity index (χ1) is 14.6. The van der Waals surface area contributed by atoms with E-state index >= 15 is 0 Å². The summed E-state index contributed by atoms with van der Waals surface area (Å²) in [4.78, 5) is 30.7. The summed E-state index contributed by atoms with van der Waals surface area (Å²) in [5.74, 6) is 0.388. The number of carbonyl (C=O) groups excluding carboxylic acids is 2. The van der Waals surface area contributed by atoms with E-state index in [1.807, 2.05) is 37.3 Å². The molecule has 0 fully saturated rings. The average molecular weight is 407 g/mol. The Morgan fingerprint density at radius 1 is 1.17 bits per heavy atom. The zero-order valence-electron chi connectivity index (χ0n) is 16.7. The molecule has 0 N–H and O–H groups in total. The molecule has 0 saturated carbocycles. The molecule has 1 aromatic heterocycles. The number of allylic oxidation sites excluding steroid dienone is 2. The summed E-state index contributed by atoms with van der Waals surface area (Å²) in [5.41, 5.74) is 2.74. The first-order valence-electron chi connectivity index (χ1n) is 9.89. The number of hydrogen-bond acceptors (Lipinski definition) is 7. The van der Waals surface area contributed by atoms with Gasteiger partial charge in [-0.15, -0.1) is 0 Å². The second-order valence-corrected chi connectivity index (χ2v) is 7.75. The lowest BCUT2D eigenvalue weighted by atomic mass is 9.70. The molecule has 1 aromatic carbocycles. The Bertz CT molecular complexity index is 1080. The summed E-state index contributed by atoms with van der Waals surface area (Å²) in [5, 5.41) is 0. The van der Waals surface area contributed by atoms with Gasteiger partial charge in [0.25, 0.3) is 0 Å². The number of Topliss-reactive ketones (excluding diaryl/α,β-unsaturated/α-hetero) is 1. The number of hydrogen-bond donors (Lipinski definition) is 0. The van der Waals surface area contributed by atoms with E-state index in [-0.39, 0.29) is 18.5 Å². The molecule has 0 saturated heterocycles. The third-order valence-electron chi connectivity index (χ3n) is 6.05. The molecule has 1 unspecified atom stereocenters. The van der Waals surface area contributed by atoms with Gasteiger partial charge in [-0.05, 0) is 36.8 Å². The van der Waals surface area contributed by atoms with Crippen LogP contribution < -0.4 is 9.47 Å². The van der Waals surface area contributed by atoms with Crippen molar-refractivity contribution in [2.45, 2.75) is 31.6 Å². The lowest BCUT2D eigenvalue weighted by Gasteiger charge is -2.36. The van der Waals surface area contributed by atoms with E-state index < -0.39 is 17.8 Å². The van der Waals surface area contributed by atoms with Crippen molar-refractivity contribution in [2.24, 2.45) is 10.9 Å². The zero-order chi connectivity index (χ0) is 20.8. The lowest BCUT2D eigenvalue weighted by molar-refractivity contribution is -0.143. The Kier molecular flexibility index (Phi) is 4.46. The van der Waals surface area contributed by atoms with Crippen molar-refractivity contribution >= 4 is 17.5 Å². The SMILES string of the molecule is COC(=O)C1C(C)=NC2=C(C(=O)C[C@@H](c3ccco3)C2)[C@@H]1c1ccc2c(c1)OCO2. The third kappa shape index (κ3) is 2.93. The van der Waals surface area contributed by atoms with Crippen LogP contribution in [0.15, 0.2) is 57.3 Å². The van der Waals surface area contributed by atoms with Crippen LogP contribution in [-0.4, -0.2) is 31.4 Å². The molecule has 154 valence electrons. The number of fused-ring (bicyclic) bond motifs is 1. The van der Waals surface area contributed by atoms with E-state index in [0.29, 0.717) is 41.3 Å². The lowest BCUT2D eigenvalue weighted by Crippen LogP contribution is -2.37. The minimum Gasteiger partial charge on any atom is -0.469 e. The highest BCUT2D eigenvalue weighted by molar-refractivity contribution is 6.09. The minimum atomic E-state index is -0.668. The van der Waals surface area contributed by atoms with E-state index in [9.17, 15) is 9.59 Å². The largest absolute Gasteiger partial charge is 0.469 e. The molecule has 30 heavy (non-hydrogen) atoms. The molecule has 3 heterocycles. The van der Waals surface area contributed by atoms with Crippen molar-refractivity contribution in [1.82, 2.24) is 0 Å². The highest BCUT2D eigenvalue weighted by atomic mass is 16.7. The van der Waals surface area contributed by atoms with E-state index in [0.717, 1.165) is 11.3 Å². The predicted molar refractivity (Wildman–Crippen MR) is 107 cm³/mol. The number of aliphatic imine (C=N–C) groups is 1. The first-order valence-corrected chi connectivity index (χ1v) is 9.89. The number of ether oxygens (including phenoxy) is 3. The van der Waals surface area contributed by atoms with Crippen LogP contribution in [-0.2, 0) is 14.3 Å². The van der Waals surface area contributed by atoms with Crippen LogP contribution in [0.3, 0.4) is 0 Å². The smallest absolute Gasteiger partial charge is 0.315 e. The molecular formula is C23H21NO6. The summed E-state index contributed by atoms with van der Waals surface area (Å²) >= 11 is 0. The molecule has 5 rings (SSSR count). The normalized spacial score (nSPS) is 25.1. The standard InChI is InChI=1S/C23H21NO6/c1-12-20(23(26)27-2)21(13-5-6-18-19(10-13)30-11-29-18)22-15(24-12)8-14(9-16(22)25)17-4-3-7-28-17/h3-7,10,14,20-21H,8-9,11H2,1-2H3/t14-,20?,21+/m0/s1. The van der Waals surface area contributed by atoms with Crippen LogP contribution in [0, 0.1) is 5.92 Å². The number of benzene rings is 1. The zero-order valence-corrected chi connectivity index (χ0v) is 16.7. The van der Waals surface area contributed by atoms with Gasteiger partial charge in [-0.1, -0.05) is 6.07 Å². The van der Waals surface area contributed by atoms with E-state index in [1.165, 1.54) is 7.11 Å². The molecule has 1 aliphatic carbocycles. The van der Waals surface area contributed by atoms with Crippen LogP contribution in [0.2, 0.25) is 0 Å². The van der Waals surface area contributed by atoms with Gasteiger partial charge < -0.3 is 18.6 Å². The molecule has 7 heteroatoms. The van der Waals surface area contributed by atoms with Gasteiger partial charge in [0.1, 0.15) is 11.7 Å². The second-order valence-electron chi connectivity index (χ2n) is 7.75. The highest BCUT2D eigenvalue weighted by Crippen LogP contribution is 2.48. The maximum atomic E-state index is 13.3. The van der Waals surface area contributed by atoms with Crippen LogP contribution in [0.5, 0.6) is 11.5 Å². The molecular weight excluding hydrogens is 386 g/mol. The van der Waals surface area contributed by atoms with Crippen molar-refractivity contribution in [3.8, 4) is 11.5 Å². The van der Waals surface area contributed by atoms with Gasteiger partial charge in [0.2, 0.25) is 6.79 Å². The molecule has 2 aromatic rings. The maximum absolute atomic E-state index is 13.3. The summed E-state index contributed by atoms with van der Waals surface area (Å²) < 4.78 is 21.6. The molecule has 0 radical (unpaired) electrons. The van der Waals surface area contributed by atoms with Gasteiger partial charge in [-0.3, -0.25) is 14.6 Å². The van der Waals surface area contributed by atoms with Crippen LogP contribution in [0.25, 0.3) is 0 Å². The summed E-state index contributed by atoms with van der Waals surface area (Å²) in [6.45, 7) is 1.97. The molecule has 3 atom stereocenters. The Balaban J connectivity index is 1.62. The van der Waals surface area contributed by atoms with Crippen LogP contribution in [0.4, 0.5) is 0 Å². The Labute approximate surface area is 173 Å². The number of carbonyl (C=O) groups is 2. The summed E-state index contributed by atoms with van der Waals surface area (Å²) in [7, 11) is 1.35. The third-order valence-corrected chi connectivity index (χ3v) is 6.05. The maximum Gasteiger partial charge on any atom is 0.315 e. The van der Waals surface area contributed by atoms with Crippen molar-refractivity contribution in [1.29, 1.82) is 0 Å². The topological polar surface area (TPSA) is 87.3 Å². The summed E-state index contributed by atoms with van der Waals surface area (Å²) in [6, 6.07) is 9.24. The molecule has 0 spiro atoms. The molecule has 3 aliphatic rings. The fourth-order valence-electron chi connectivity index (χ4n) is 4.68. The van der Waals surface area contributed by atoms with Gasteiger partial charge in [0.15, 0.2) is 17.3 Å². The van der Waals surface area contributed by atoms with Crippen molar-refractivity contribution in [3.05, 3.63) is 59.2 Å². The number of methoxy groups -OCH3 is 1. The van der Waals surface area contributed by atoms with Gasteiger partial charge in [-0.25, -0.2) is 0 Å². The van der Waals surface area contributed by atoms with Gasteiger partial charge in [0.05, 0.1) is 13.4 Å². The predicted octanol–water partition coefficient (Wildman–Crippen LogP) is 3.76. The molecule has 0 bridgehead atoms. The van der Waals surface area contributed by atoms with Gasteiger partial charge in [-0.2, -0.15) is 0 Å². The number of rotatable bonds is 3. The molecule has 7 nitrogen and oxygen atoms in total. The second kappa shape index (κ2) is 7.16. The average Bonchev–Trinajstić information content (AvgIpc) is 3.43. The van der Waals surface area contributed by atoms with E-state index in [4.69, 9.17) is 23.6 Å². The van der Waals surface area contributed by atoms with Crippen molar-refractivity contribution < 1.29 is 28.2 Å². The van der Waals surface area contributed by atoms with Crippen LogP contribution >= 0.6 is 0 Å². The Hall–Kier alpha value is -3.35. The van der Waals surface area contributed by atoms with Crippen molar-refractivity contribution in [3.63, 3.8) is 0 Å². The first kappa shape index (κ1) is 18.7. The minimum absolute atomic E-state index is 0.0227. The quantitative estimate of drug-likeness (QED) is 0.720. The monoisotopic (exact) mass is 407 g/mol. The Morgan fingerprint density at radius 2 is 2.00 bits per heavy atom. The van der Waals surface area contributed by atoms with Gasteiger partial charge in [0, 0.05) is 41.7 Å². The van der Waals surface area contributed by atoms with Crippen LogP contribution in [0.1, 0.15) is 42.9 Å². The summed E-state index contributed by atoms with van der Waals surface area (Å²) in [6.07, 6.45) is 2.51. The van der Waals surface area contributed by atoms with Gasteiger partial charge >= 0.3 is 5.97 Å². The number of ketones is 1. The van der Waals surface area contributed by atoms with E-state index in [2.05, 4.69) is 0 Å². The fourth-order valence-corrected chi connectivity index (χ4v) is 4.68. The highest BCUT2D eigenvalue weighted by Gasteiger charge is 2.45. The fraction of sp³-hybridized carbons (Fsp3) is 0.348. The van der Waals surface area contributed by atoms with Crippen molar-refractivity contribution in [2.75, 3.05) is 13.9 Å².